The molecule has 0 aliphatic rings. The largest absolute Gasteiger partial charge is 0.398 e. The Bertz CT molecular complexity index is 437. The van der Waals surface area contributed by atoms with E-state index in [4.69, 9.17) is 17.3 Å². The fourth-order valence-electron chi connectivity index (χ4n) is 1.24. The number of carbonyl (C=O) groups is 1. The summed E-state index contributed by atoms with van der Waals surface area (Å²) < 4.78 is 11.2. The van der Waals surface area contributed by atoms with Crippen LogP contribution in [0, 0.1) is 0 Å². The number of nitrogens with two attached hydrogens (primary N) is 1. The molecule has 4 nitrogen and oxygen atoms in total. The molecule has 0 bridgehead atoms. The third-order valence-corrected chi connectivity index (χ3v) is 3.74. The molecule has 1 rings (SSSR count). The van der Waals surface area contributed by atoms with E-state index in [0.717, 1.165) is 0 Å². The van der Waals surface area contributed by atoms with E-state index in [9.17, 15) is 9.00 Å². The normalized spacial score (nSPS) is 12.1. The molecule has 1 aromatic carbocycles. The van der Waals surface area contributed by atoms with E-state index in [1.54, 1.807) is 12.1 Å². The molecule has 0 heterocycles. The number of benzene rings is 1. The maximum absolute atomic E-state index is 11.7. The van der Waals surface area contributed by atoms with Crippen molar-refractivity contribution in [2.45, 2.75) is 6.92 Å². The zero-order valence-corrected chi connectivity index (χ0v) is 11.1. The molecule has 1 atom stereocenters. The molecular weight excluding hydrogens is 260 g/mol. The number of amides is 1. The highest BCUT2D eigenvalue weighted by Crippen LogP contribution is 2.17. The van der Waals surface area contributed by atoms with Crippen molar-refractivity contribution in [3.8, 4) is 0 Å². The second kappa shape index (κ2) is 6.61. The lowest BCUT2D eigenvalue weighted by atomic mass is 10.1. The van der Waals surface area contributed by atoms with Crippen LogP contribution in [-0.4, -0.2) is 28.2 Å². The van der Waals surface area contributed by atoms with Crippen molar-refractivity contribution in [2.75, 3.05) is 23.8 Å². The van der Waals surface area contributed by atoms with Gasteiger partial charge in [-0.25, -0.2) is 0 Å². The molecule has 3 N–H and O–H groups in total. The summed E-state index contributed by atoms with van der Waals surface area (Å²) in [7, 11) is -0.882. The van der Waals surface area contributed by atoms with E-state index in [-0.39, 0.29) is 5.91 Å². The molecule has 0 radical (unpaired) electrons. The van der Waals surface area contributed by atoms with Crippen LogP contribution in [0.15, 0.2) is 18.2 Å². The summed E-state index contributed by atoms with van der Waals surface area (Å²) in [6.07, 6.45) is 0. The molecule has 6 heteroatoms. The zero-order chi connectivity index (χ0) is 12.8. The quantitative estimate of drug-likeness (QED) is 0.798. The second-order valence-electron chi connectivity index (χ2n) is 3.42. The van der Waals surface area contributed by atoms with Crippen molar-refractivity contribution in [1.82, 2.24) is 5.32 Å². The van der Waals surface area contributed by atoms with Crippen molar-refractivity contribution < 1.29 is 9.00 Å². The van der Waals surface area contributed by atoms with E-state index in [1.807, 2.05) is 6.92 Å². The fourth-order valence-corrected chi connectivity index (χ4v) is 2.03. The van der Waals surface area contributed by atoms with Crippen molar-refractivity contribution >= 4 is 34.0 Å². The highest BCUT2D eigenvalue weighted by atomic mass is 35.5. The Morgan fingerprint density at radius 1 is 1.53 bits per heavy atom. The maximum Gasteiger partial charge on any atom is 0.253 e. The summed E-state index contributed by atoms with van der Waals surface area (Å²) in [5, 5.41) is 3.12. The lowest BCUT2D eigenvalue weighted by Gasteiger charge is -2.07. The average Bonchev–Trinajstić information content (AvgIpc) is 2.31. The highest BCUT2D eigenvalue weighted by Gasteiger charge is 2.09. The molecule has 0 aliphatic heterocycles. The van der Waals surface area contributed by atoms with Gasteiger partial charge in [0.25, 0.3) is 5.91 Å². The number of nitrogens with one attached hydrogen (secondary N) is 1. The number of nitrogen functional groups attached to an aromatic ring is 1. The van der Waals surface area contributed by atoms with Gasteiger partial charge in [-0.3, -0.25) is 9.00 Å². The molecule has 0 spiro atoms. The van der Waals surface area contributed by atoms with Gasteiger partial charge in [0.1, 0.15) is 0 Å². The minimum Gasteiger partial charge on any atom is -0.398 e. The Kier molecular flexibility index (Phi) is 5.44. The van der Waals surface area contributed by atoms with E-state index >= 15 is 0 Å². The summed E-state index contributed by atoms with van der Waals surface area (Å²) >= 11 is 5.78. The predicted molar refractivity (Wildman–Crippen MR) is 71.7 cm³/mol. The minimum atomic E-state index is -0.882. The molecule has 1 aromatic rings. The number of hydrogen-bond acceptors (Lipinski definition) is 3. The molecule has 0 fully saturated rings. The smallest absolute Gasteiger partial charge is 0.253 e. The maximum atomic E-state index is 11.7. The SMILES string of the molecule is CCS(=O)CCNC(=O)c1cc(Cl)ccc1N. The minimum absolute atomic E-state index is 0.293. The molecule has 0 aromatic heterocycles. The van der Waals surface area contributed by atoms with E-state index in [1.165, 1.54) is 6.07 Å². The first-order chi connectivity index (χ1) is 8.04. The first-order valence-electron chi connectivity index (χ1n) is 5.22. The van der Waals surface area contributed by atoms with Gasteiger partial charge in [-0.1, -0.05) is 18.5 Å². The van der Waals surface area contributed by atoms with E-state index < -0.39 is 10.8 Å². The van der Waals surface area contributed by atoms with Crippen molar-refractivity contribution in [2.24, 2.45) is 0 Å². The lowest BCUT2D eigenvalue weighted by molar-refractivity contribution is 0.0957. The van der Waals surface area contributed by atoms with Crippen LogP contribution in [0.25, 0.3) is 0 Å². The summed E-state index contributed by atoms with van der Waals surface area (Å²) in [6.45, 7) is 2.21. The first kappa shape index (κ1) is 14.0. The highest BCUT2D eigenvalue weighted by molar-refractivity contribution is 7.84. The fraction of sp³-hybridized carbons (Fsp3) is 0.364. The number of hydrogen-bond donors (Lipinski definition) is 2. The van der Waals surface area contributed by atoms with Crippen molar-refractivity contribution in [3.05, 3.63) is 28.8 Å². The predicted octanol–water partition coefficient (Wildman–Crippen LogP) is 1.42. The van der Waals surface area contributed by atoms with Crippen LogP contribution in [0.1, 0.15) is 17.3 Å². The lowest BCUT2D eigenvalue weighted by Crippen LogP contribution is -2.28. The standard InChI is InChI=1S/C11H15ClN2O2S/c1-2-17(16)6-5-14-11(15)9-7-8(12)3-4-10(9)13/h3-4,7H,2,5-6,13H2,1H3,(H,14,15). The molecular formula is C11H15ClN2O2S. The van der Waals surface area contributed by atoms with Crippen molar-refractivity contribution in [1.29, 1.82) is 0 Å². The van der Waals surface area contributed by atoms with E-state index in [0.29, 0.717) is 34.3 Å². The van der Waals surface area contributed by atoms with Gasteiger partial charge in [0.15, 0.2) is 0 Å². The van der Waals surface area contributed by atoms with Crippen LogP contribution in [0.2, 0.25) is 5.02 Å². The average molecular weight is 275 g/mol. The summed E-state index contributed by atoms with van der Waals surface area (Å²) in [4.78, 5) is 11.7. The Hall–Kier alpha value is -1.07. The Morgan fingerprint density at radius 3 is 2.88 bits per heavy atom. The second-order valence-corrected chi connectivity index (χ2v) is 5.72. The number of rotatable bonds is 5. The summed E-state index contributed by atoms with van der Waals surface area (Å²) in [5.41, 5.74) is 6.39. The molecule has 94 valence electrons. The van der Waals surface area contributed by atoms with Crippen LogP contribution >= 0.6 is 11.6 Å². The van der Waals surface area contributed by atoms with Gasteiger partial charge < -0.3 is 11.1 Å². The third-order valence-electron chi connectivity index (χ3n) is 2.20. The van der Waals surface area contributed by atoms with Gasteiger partial charge in [-0.05, 0) is 18.2 Å². The van der Waals surface area contributed by atoms with Gasteiger partial charge >= 0.3 is 0 Å². The summed E-state index contributed by atoms with van der Waals surface area (Å²) in [6, 6.07) is 4.73. The van der Waals surface area contributed by atoms with Crippen LogP contribution in [0.5, 0.6) is 0 Å². The van der Waals surface area contributed by atoms with Gasteiger partial charge in [-0.2, -0.15) is 0 Å². The zero-order valence-electron chi connectivity index (χ0n) is 9.53. The topological polar surface area (TPSA) is 72.2 Å². The van der Waals surface area contributed by atoms with Crippen LogP contribution in [-0.2, 0) is 10.8 Å². The van der Waals surface area contributed by atoms with Crippen molar-refractivity contribution in [3.63, 3.8) is 0 Å². The summed E-state index contributed by atoms with van der Waals surface area (Å²) in [5.74, 6) is 0.746. The monoisotopic (exact) mass is 274 g/mol. The molecule has 0 saturated carbocycles. The molecule has 0 aliphatic carbocycles. The van der Waals surface area contributed by atoms with Crippen LogP contribution in [0.4, 0.5) is 5.69 Å². The molecule has 1 amide bonds. The Balaban J connectivity index is 2.58. The number of anilines is 1. The molecule has 1 unspecified atom stereocenters. The first-order valence-corrected chi connectivity index (χ1v) is 7.09. The van der Waals surface area contributed by atoms with Crippen LogP contribution in [0.3, 0.4) is 0 Å². The number of carbonyl (C=O) groups excluding carboxylic acids is 1. The Labute approximate surface area is 108 Å². The molecule has 17 heavy (non-hydrogen) atoms. The van der Waals surface area contributed by atoms with Gasteiger partial charge in [0.05, 0.1) is 5.56 Å². The molecule has 0 saturated heterocycles. The Morgan fingerprint density at radius 2 is 2.24 bits per heavy atom. The van der Waals surface area contributed by atoms with E-state index in [2.05, 4.69) is 5.32 Å². The van der Waals surface area contributed by atoms with Gasteiger partial charge in [-0.15, -0.1) is 0 Å². The number of halogens is 1. The van der Waals surface area contributed by atoms with Crippen LogP contribution < -0.4 is 11.1 Å². The van der Waals surface area contributed by atoms with Gasteiger partial charge in [0, 0.05) is 39.6 Å². The van der Waals surface area contributed by atoms with Gasteiger partial charge in [0.2, 0.25) is 0 Å². The third kappa shape index (κ3) is 4.36.